The van der Waals surface area contributed by atoms with E-state index in [-0.39, 0.29) is 6.61 Å². The first-order chi connectivity index (χ1) is 5.85. The molecule has 1 fully saturated rings. The molecule has 0 radical (unpaired) electrons. The van der Waals surface area contributed by atoms with Crippen molar-refractivity contribution >= 4 is 11.6 Å². The summed E-state index contributed by atoms with van der Waals surface area (Å²) in [6, 6.07) is 0. The maximum Gasteiger partial charge on any atom is 0.0944 e. The molecule has 1 rings (SSSR count). The van der Waals surface area contributed by atoms with Crippen molar-refractivity contribution in [3.63, 3.8) is 0 Å². The van der Waals surface area contributed by atoms with E-state index < -0.39 is 0 Å². The van der Waals surface area contributed by atoms with Gasteiger partial charge in [0, 0.05) is 0 Å². The number of halogens is 1. The fourth-order valence-electron chi connectivity index (χ4n) is 0.388. The van der Waals surface area contributed by atoms with Gasteiger partial charge in [0.05, 0.1) is 38.4 Å². The van der Waals surface area contributed by atoms with Crippen molar-refractivity contribution < 1.29 is 14.6 Å². The number of hydrogen-bond donors (Lipinski definition) is 1. The van der Waals surface area contributed by atoms with Gasteiger partial charge in [-0.05, 0) is 0 Å². The minimum absolute atomic E-state index is 0.0911. The van der Waals surface area contributed by atoms with Crippen LogP contribution in [0, 0.1) is 0 Å². The molecule has 1 aliphatic rings. The van der Waals surface area contributed by atoms with Crippen LogP contribution in [0.25, 0.3) is 0 Å². The van der Waals surface area contributed by atoms with Crippen LogP contribution in [0.3, 0.4) is 0 Å². The molecule has 1 atom stereocenters. The summed E-state index contributed by atoms with van der Waals surface area (Å²) >= 11 is 5.27. The topological polar surface area (TPSA) is 42.0 Å². The van der Waals surface area contributed by atoms with Gasteiger partial charge in [-0.1, -0.05) is 6.08 Å². The maximum atomic E-state index is 8.13. The highest BCUT2D eigenvalue weighted by molar-refractivity contribution is 6.18. The van der Waals surface area contributed by atoms with Gasteiger partial charge in [0.1, 0.15) is 0 Å². The summed E-state index contributed by atoms with van der Waals surface area (Å²) < 4.78 is 9.49. The Hall–Kier alpha value is -0.0900. The van der Waals surface area contributed by atoms with Gasteiger partial charge >= 0.3 is 0 Å². The minimum atomic E-state index is 0.0911. The minimum Gasteiger partial charge on any atom is -0.394 e. The average Bonchev–Trinajstić information content (AvgIpc) is 2.89. The van der Waals surface area contributed by atoms with Crippen LogP contribution in [-0.2, 0) is 9.47 Å². The lowest BCUT2D eigenvalue weighted by Crippen LogP contribution is -1.97. The Morgan fingerprint density at radius 1 is 1.75 bits per heavy atom. The first-order valence-corrected chi connectivity index (χ1v) is 4.35. The van der Waals surface area contributed by atoms with Crippen LogP contribution in [0.5, 0.6) is 0 Å². The summed E-state index contributed by atoms with van der Waals surface area (Å²) in [5.74, 6) is 0.667. The van der Waals surface area contributed by atoms with Gasteiger partial charge in [-0.25, -0.2) is 0 Å². The van der Waals surface area contributed by atoms with Crippen LogP contribution in [0.1, 0.15) is 0 Å². The summed E-state index contributed by atoms with van der Waals surface area (Å²) in [7, 11) is 0. The Morgan fingerprint density at radius 3 is 2.67 bits per heavy atom. The normalized spacial score (nSPS) is 19.3. The van der Waals surface area contributed by atoms with Gasteiger partial charge in [0.25, 0.3) is 0 Å². The second-order valence-electron chi connectivity index (χ2n) is 2.20. The van der Waals surface area contributed by atoms with E-state index in [2.05, 4.69) is 6.58 Å². The van der Waals surface area contributed by atoms with Gasteiger partial charge in [0.15, 0.2) is 0 Å². The number of epoxide rings is 1. The lowest BCUT2D eigenvalue weighted by molar-refractivity contribution is 0.112. The number of alkyl halides is 1. The molecule has 0 aromatic rings. The summed E-state index contributed by atoms with van der Waals surface area (Å²) in [4.78, 5) is 0. The summed E-state index contributed by atoms with van der Waals surface area (Å²) in [5.41, 5.74) is 0. The predicted octanol–water partition coefficient (Wildman–Crippen LogP) is 0.805. The second kappa shape index (κ2) is 9.00. The zero-order valence-electron chi connectivity index (χ0n) is 7.04. The van der Waals surface area contributed by atoms with Crippen LogP contribution < -0.4 is 0 Å². The standard InChI is InChI=1S/C5H10O2.C3H5ClO/c1-2-4-7-5-3-6;4-1-3-2-5-3/h2,6H,1,3-5H2;3H,1-2H2. The fourth-order valence-corrected chi connectivity index (χ4v) is 0.567. The monoisotopic (exact) mass is 194 g/mol. The zero-order valence-corrected chi connectivity index (χ0v) is 7.79. The van der Waals surface area contributed by atoms with Crippen molar-refractivity contribution in [1.82, 2.24) is 0 Å². The quantitative estimate of drug-likeness (QED) is 0.305. The summed E-state index contributed by atoms with van der Waals surface area (Å²) in [6.07, 6.45) is 2.05. The maximum absolute atomic E-state index is 8.13. The highest BCUT2D eigenvalue weighted by Crippen LogP contribution is 2.08. The van der Waals surface area contributed by atoms with Crippen molar-refractivity contribution in [2.75, 3.05) is 32.3 Å². The highest BCUT2D eigenvalue weighted by Gasteiger charge is 2.19. The number of rotatable bonds is 5. The molecule has 0 aliphatic carbocycles. The van der Waals surface area contributed by atoms with Gasteiger partial charge < -0.3 is 14.6 Å². The molecule has 1 aliphatic heterocycles. The lowest BCUT2D eigenvalue weighted by Gasteiger charge is -1.92. The molecule has 0 bridgehead atoms. The second-order valence-corrected chi connectivity index (χ2v) is 2.51. The van der Waals surface area contributed by atoms with Gasteiger partial charge in [-0.2, -0.15) is 0 Å². The zero-order chi connectivity index (χ0) is 9.23. The molecule has 72 valence electrons. The number of hydrogen-bond acceptors (Lipinski definition) is 3. The predicted molar refractivity (Wildman–Crippen MR) is 48.6 cm³/mol. The molecule has 4 heteroatoms. The van der Waals surface area contributed by atoms with Crippen LogP contribution >= 0.6 is 11.6 Å². The van der Waals surface area contributed by atoms with Crippen LogP contribution in [0.2, 0.25) is 0 Å². The van der Waals surface area contributed by atoms with E-state index in [0.29, 0.717) is 25.2 Å². The van der Waals surface area contributed by atoms with E-state index in [1.165, 1.54) is 0 Å². The number of ether oxygens (including phenoxy) is 2. The van der Waals surface area contributed by atoms with Crippen molar-refractivity contribution in [3.8, 4) is 0 Å². The molecule has 0 aromatic carbocycles. The van der Waals surface area contributed by atoms with Crippen molar-refractivity contribution in [2.24, 2.45) is 0 Å². The Labute approximate surface area is 77.9 Å². The van der Waals surface area contributed by atoms with E-state index in [1.807, 2.05) is 0 Å². The van der Waals surface area contributed by atoms with Crippen molar-refractivity contribution in [2.45, 2.75) is 6.10 Å². The Bertz CT molecular complexity index is 104. The Kier molecular flexibility index (Phi) is 8.93. The third-order valence-electron chi connectivity index (χ3n) is 1.05. The molecular formula is C8H15ClO3. The van der Waals surface area contributed by atoms with E-state index in [9.17, 15) is 0 Å². The smallest absolute Gasteiger partial charge is 0.0944 e. The molecule has 1 unspecified atom stereocenters. The van der Waals surface area contributed by atoms with E-state index >= 15 is 0 Å². The molecule has 0 amide bonds. The SMILES string of the molecule is C=CCOCCO.ClCC1CO1. The molecule has 1 saturated heterocycles. The lowest BCUT2D eigenvalue weighted by atomic mass is 10.6. The molecule has 1 heterocycles. The number of aliphatic hydroxyl groups excluding tert-OH is 1. The fraction of sp³-hybridized carbons (Fsp3) is 0.750. The molecule has 0 saturated carbocycles. The summed E-state index contributed by atoms with van der Waals surface area (Å²) in [6.45, 7) is 5.33. The summed E-state index contributed by atoms with van der Waals surface area (Å²) in [5, 5.41) is 8.13. The average molecular weight is 195 g/mol. The van der Waals surface area contributed by atoms with Gasteiger partial charge in [0.2, 0.25) is 0 Å². The molecule has 0 aromatic heterocycles. The van der Waals surface area contributed by atoms with E-state index in [1.54, 1.807) is 6.08 Å². The van der Waals surface area contributed by atoms with Crippen LogP contribution in [-0.4, -0.2) is 43.5 Å². The first-order valence-electron chi connectivity index (χ1n) is 3.82. The van der Waals surface area contributed by atoms with Crippen LogP contribution in [0.4, 0.5) is 0 Å². The largest absolute Gasteiger partial charge is 0.394 e. The van der Waals surface area contributed by atoms with Crippen LogP contribution in [0.15, 0.2) is 12.7 Å². The molecule has 0 spiro atoms. The molecule has 3 nitrogen and oxygen atoms in total. The van der Waals surface area contributed by atoms with E-state index in [4.69, 9.17) is 26.2 Å². The third-order valence-corrected chi connectivity index (χ3v) is 1.39. The Balaban J connectivity index is 0.000000211. The highest BCUT2D eigenvalue weighted by atomic mass is 35.5. The Morgan fingerprint density at radius 2 is 2.42 bits per heavy atom. The molecule has 12 heavy (non-hydrogen) atoms. The third kappa shape index (κ3) is 9.91. The van der Waals surface area contributed by atoms with Crippen molar-refractivity contribution in [1.29, 1.82) is 0 Å². The van der Waals surface area contributed by atoms with Gasteiger partial charge in [-0.3, -0.25) is 0 Å². The van der Waals surface area contributed by atoms with Gasteiger partial charge in [-0.15, -0.1) is 18.2 Å². The molecular weight excluding hydrogens is 180 g/mol. The van der Waals surface area contributed by atoms with E-state index in [0.717, 1.165) is 6.61 Å². The molecule has 1 N–H and O–H groups in total. The van der Waals surface area contributed by atoms with Crippen molar-refractivity contribution in [3.05, 3.63) is 12.7 Å². The first kappa shape index (κ1) is 11.9. The number of aliphatic hydroxyl groups is 1.